The van der Waals surface area contributed by atoms with Gasteiger partial charge in [0.15, 0.2) is 8.32 Å². The number of carbonyl (C=O) groups is 2. The molecule has 2 aliphatic carbocycles. The number of pyridine rings is 1. The Bertz CT molecular complexity index is 1530. The van der Waals surface area contributed by atoms with Crippen LogP contribution < -0.4 is 15.4 Å². The van der Waals surface area contributed by atoms with Gasteiger partial charge in [0.1, 0.15) is 24.5 Å². The number of ether oxygens (including phenoxy) is 2. The minimum atomic E-state index is -2.32. The maximum absolute atomic E-state index is 14.7. The molecule has 2 aliphatic rings. The molecule has 266 valence electrons. The fourth-order valence-corrected chi connectivity index (χ4v) is 13.2. The van der Waals surface area contributed by atoms with Crippen LogP contribution in [0.25, 0.3) is 0 Å². The first-order valence-corrected chi connectivity index (χ1v) is 19.7. The molecule has 10 nitrogen and oxygen atoms in total. The van der Waals surface area contributed by atoms with Gasteiger partial charge in [0, 0.05) is 11.8 Å². The third-order valence-electron chi connectivity index (χ3n) is 10.3. The van der Waals surface area contributed by atoms with Crippen LogP contribution in [-0.4, -0.2) is 54.8 Å². The lowest BCUT2D eigenvalue weighted by Gasteiger charge is -2.43. The second-order valence-electron chi connectivity index (χ2n) is 14.5. The molecular weight excluding hydrogens is 642 g/mol. The number of aromatic nitrogens is 3. The number of halogens is 1. The summed E-state index contributed by atoms with van der Waals surface area (Å²) >= 11 is 0. The highest BCUT2D eigenvalue weighted by atomic mass is 28.4. The first kappa shape index (κ1) is 36.5. The van der Waals surface area contributed by atoms with Gasteiger partial charge in [0.25, 0.3) is 0 Å². The van der Waals surface area contributed by atoms with E-state index in [1.807, 2.05) is 30.3 Å². The highest BCUT2D eigenvalue weighted by Gasteiger charge is 2.49. The fraction of sp³-hybridized carbons (Fsp3) is 0.568. The average molecular weight is 694 g/mol. The Hall–Kier alpha value is -3.77. The molecule has 3 aromatic rings. The van der Waals surface area contributed by atoms with Crippen molar-refractivity contribution in [3.8, 4) is 5.88 Å². The zero-order valence-electron chi connectivity index (χ0n) is 29.8. The highest BCUT2D eigenvalue weighted by molar-refractivity contribution is 6.77. The number of anilines is 1. The molecule has 0 bridgehead atoms. The van der Waals surface area contributed by atoms with E-state index in [0.717, 1.165) is 37.4 Å². The lowest BCUT2D eigenvalue weighted by Crippen LogP contribution is -2.50. The quantitative estimate of drug-likeness (QED) is 0.138. The molecule has 1 aromatic carbocycles. The van der Waals surface area contributed by atoms with Crippen LogP contribution in [0.15, 0.2) is 55.0 Å². The van der Waals surface area contributed by atoms with Crippen molar-refractivity contribution in [3.63, 3.8) is 0 Å². The van der Waals surface area contributed by atoms with E-state index >= 15 is 0 Å². The Morgan fingerprint density at radius 3 is 2.18 bits per heavy atom. The Morgan fingerprint density at radius 1 is 0.980 bits per heavy atom. The van der Waals surface area contributed by atoms with Crippen LogP contribution >= 0.6 is 0 Å². The van der Waals surface area contributed by atoms with E-state index in [1.54, 1.807) is 17.1 Å². The molecule has 2 amide bonds. The molecule has 2 N–H and O–H groups in total. The molecule has 2 aromatic heterocycles. The number of nitrogens with one attached hydrogen (secondary N) is 2. The van der Waals surface area contributed by atoms with E-state index in [-0.39, 0.29) is 30.9 Å². The molecule has 2 atom stereocenters. The number of carbonyl (C=O) groups excluding carboxylic acids is 2. The molecule has 1 unspecified atom stereocenters. The Balaban J connectivity index is 1.39. The monoisotopic (exact) mass is 693 g/mol. The van der Waals surface area contributed by atoms with Crippen molar-refractivity contribution in [2.75, 3.05) is 19.0 Å². The van der Waals surface area contributed by atoms with Crippen molar-refractivity contribution in [3.05, 3.63) is 71.9 Å². The number of methoxy groups -OCH3 is 1. The van der Waals surface area contributed by atoms with Crippen LogP contribution in [0.1, 0.15) is 84.4 Å². The topological polar surface area (TPSA) is 117 Å². The summed E-state index contributed by atoms with van der Waals surface area (Å²) in [7, 11) is -0.816. The molecule has 0 saturated heterocycles. The molecule has 0 radical (unpaired) electrons. The van der Waals surface area contributed by atoms with E-state index in [1.165, 1.54) is 13.2 Å². The maximum Gasteiger partial charge on any atom is 0.408 e. The third-order valence-corrected chi connectivity index (χ3v) is 16.4. The summed E-state index contributed by atoms with van der Waals surface area (Å²) in [4.78, 5) is 31.2. The van der Waals surface area contributed by atoms with Crippen molar-refractivity contribution >= 4 is 26.0 Å². The van der Waals surface area contributed by atoms with Gasteiger partial charge < -0.3 is 24.5 Å². The van der Waals surface area contributed by atoms with Gasteiger partial charge in [-0.1, -0.05) is 71.9 Å². The van der Waals surface area contributed by atoms with E-state index in [2.05, 4.69) is 62.3 Å². The van der Waals surface area contributed by atoms with E-state index in [0.29, 0.717) is 39.7 Å². The molecule has 2 fully saturated rings. The Labute approximate surface area is 290 Å². The molecule has 0 aliphatic heterocycles. The van der Waals surface area contributed by atoms with Crippen LogP contribution in [0.5, 0.6) is 5.88 Å². The number of amides is 2. The van der Waals surface area contributed by atoms with Gasteiger partial charge in [0.2, 0.25) is 11.8 Å². The van der Waals surface area contributed by atoms with Gasteiger partial charge in [-0.3, -0.25) is 9.48 Å². The summed E-state index contributed by atoms with van der Waals surface area (Å²) in [5.74, 6) is 0.273. The third kappa shape index (κ3) is 8.70. The summed E-state index contributed by atoms with van der Waals surface area (Å²) < 4.78 is 34.4. The van der Waals surface area contributed by atoms with Crippen LogP contribution in [0.3, 0.4) is 0 Å². The molecule has 49 heavy (non-hydrogen) atoms. The lowest BCUT2D eigenvalue weighted by atomic mass is 9.89. The van der Waals surface area contributed by atoms with E-state index in [4.69, 9.17) is 13.9 Å². The van der Waals surface area contributed by atoms with E-state index < -0.39 is 32.3 Å². The Kier molecular flexibility index (Phi) is 11.8. The van der Waals surface area contributed by atoms with Gasteiger partial charge in [0.05, 0.1) is 31.8 Å². The van der Waals surface area contributed by atoms with Gasteiger partial charge in [-0.2, -0.15) is 5.10 Å². The highest BCUT2D eigenvalue weighted by Crippen LogP contribution is 2.51. The second kappa shape index (κ2) is 15.8. The summed E-state index contributed by atoms with van der Waals surface area (Å²) in [5.41, 5.74) is 2.82. The van der Waals surface area contributed by atoms with Crippen molar-refractivity contribution in [2.24, 2.45) is 17.8 Å². The minimum absolute atomic E-state index is 0.0317. The van der Waals surface area contributed by atoms with Crippen LogP contribution in [0.4, 0.5) is 14.9 Å². The number of alkyl carbamates (subject to hydrolysis) is 1. The first-order chi connectivity index (χ1) is 23.4. The number of hydrogen-bond donors (Lipinski definition) is 2. The minimum Gasteiger partial charge on any atom is -0.481 e. The number of hydrogen-bond acceptors (Lipinski definition) is 7. The smallest absolute Gasteiger partial charge is 0.408 e. The Morgan fingerprint density at radius 2 is 1.61 bits per heavy atom. The van der Waals surface area contributed by atoms with E-state index in [9.17, 15) is 14.0 Å². The molecular formula is C37H52FN5O5Si. The number of benzene rings is 1. The van der Waals surface area contributed by atoms with Gasteiger partial charge >= 0.3 is 6.09 Å². The summed E-state index contributed by atoms with van der Waals surface area (Å²) in [6, 6.07) is 9.51. The van der Waals surface area contributed by atoms with Crippen LogP contribution in [0.2, 0.25) is 16.6 Å². The zero-order chi connectivity index (χ0) is 35.3. The average Bonchev–Trinajstić information content (AvgIpc) is 4.01. The van der Waals surface area contributed by atoms with Gasteiger partial charge in [-0.15, -0.1) is 0 Å². The molecule has 2 saturated carbocycles. The number of nitrogens with zero attached hydrogens (tertiary/aromatic N) is 3. The summed E-state index contributed by atoms with van der Waals surface area (Å²) in [6.45, 7) is 13.6. The van der Waals surface area contributed by atoms with Crippen LogP contribution in [-0.2, 0) is 20.6 Å². The number of rotatable bonds is 17. The van der Waals surface area contributed by atoms with Crippen molar-refractivity contribution in [1.82, 2.24) is 20.1 Å². The molecule has 12 heteroatoms. The van der Waals surface area contributed by atoms with Crippen molar-refractivity contribution < 1.29 is 27.9 Å². The summed E-state index contributed by atoms with van der Waals surface area (Å²) in [5, 5.41) is 10.6. The zero-order valence-corrected chi connectivity index (χ0v) is 30.8. The predicted octanol–water partition coefficient (Wildman–Crippen LogP) is 7.88. The largest absolute Gasteiger partial charge is 0.481 e. The molecule has 5 rings (SSSR count). The second-order valence-corrected chi connectivity index (χ2v) is 20.0. The SMILES string of the molecule is COc1ncc(F)cc1C(CO[Si](C(C)C)(C(C)C)C(C)C)n1cc(NC(=O)[C@@H](NC(=O)OCc2ccccc2)C(C2CC2)C2CC2)cn1. The van der Waals surface area contributed by atoms with Gasteiger partial charge in [-0.05, 0) is 71.7 Å². The first-order valence-electron chi connectivity index (χ1n) is 17.6. The van der Waals surface area contributed by atoms with Gasteiger partial charge in [-0.25, -0.2) is 14.2 Å². The normalized spacial score (nSPS) is 16.2. The fourth-order valence-electron chi connectivity index (χ4n) is 7.80. The molecule has 2 heterocycles. The van der Waals surface area contributed by atoms with Crippen LogP contribution in [0, 0.1) is 23.6 Å². The predicted molar refractivity (Wildman–Crippen MR) is 189 cm³/mol. The van der Waals surface area contributed by atoms with Crippen molar-refractivity contribution in [1.29, 1.82) is 0 Å². The standard InChI is InChI=1S/C37H52FN5O5Si/c1-23(2)49(24(3)4,25(5)6)48-22-32(31-17-29(38)18-39-36(31)46-7)43-20-30(19-40-43)41-35(44)34(33(27-13-14-27)28-15-16-28)42-37(45)47-21-26-11-9-8-10-12-26/h8-12,17-20,23-25,27-28,32-34H,13-16,21-22H2,1-7H3,(H,41,44)(H,42,45)/t32?,34-/m0/s1. The maximum atomic E-state index is 14.7. The lowest BCUT2D eigenvalue weighted by molar-refractivity contribution is -0.119. The summed E-state index contributed by atoms with van der Waals surface area (Å²) in [6.07, 6.45) is 7.96. The van der Waals surface area contributed by atoms with Crippen molar-refractivity contribution in [2.45, 2.75) is 103 Å². The molecule has 0 spiro atoms.